The van der Waals surface area contributed by atoms with Gasteiger partial charge in [0.25, 0.3) is 5.69 Å². The van der Waals surface area contributed by atoms with Crippen LogP contribution < -0.4 is 0 Å². The maximum Gasteiger partial charge on any atom is 0.270 e. The van der Waals surface area contributed by atoms with E-state index in [-0.39, 0.29) is 19.2 Å². The molecule has 0 heterocycles. The van der Waals surface area contributed by atoms with Crippen molar-refractivity contribution in [3.05, 3.63) is 39.4 Å². The van der Waals surface area contributed by atoms with E-state index in [9.17, 15) is 10.1 Å². The number of hydrogen-bond acceptors (Lipinski definition) is 2. The van der Waals surface area contributed by atoms with Crippen molar-refractivity contribution >= 4 is 30.8 Å². The Hall–Kier alpha value is -0.740. The number of nitrogens with zero attached hydrogens (tertiary/aromatic N) is 1. The van der Waals surface area contributed by atoms with E-state index in [1.807, 2.05) is 0 Å². The number of nitro groups is 1. The normalized spacial score (nSPS) is 8.45. The summed E-state index contributed by atoms with van der Waals surface area (Å²) in [5.41, 5.74) is 0.0208. The van der Waals surface area contributed by atoms with Gasteiger partial charge in [-0.25, -0.2) is 0 Å². The minimum atomic E-state index is -0.480. The Morgan fingerprint density at radius 2 is 2.09 bits per heavy atom. The lowest BCUT2D eigenvalue weighted by Crippen LogP contribution is -1.85. The number of halogens is 1. The van der Waals surface area contributed by atoms with Crippen molar-refractivity contribution in [2.24, 2.45) is 0 Å². The second kappa shape index (κ2) is 4.20. The zero-order valence-electron chi connectivity index (χ0n) is 5.45. The summed E-state index contributed by atoms with van der Waals surface area (Å²) in [5.74, 6) is 0. The number of hydrogen-bond donors (Lipinski definition) is 0. The van der Waals surface area contributed by atoms with Crippen LogP contribution in [0.4, 0.5) is 5.69 Å². The van der Waals surface area contributed by atoms with Crippen molar-refractivity contribution in [1.29, 1.82) is 0 Å². The monoisotopic (exact) mass is 191 g/mol. The molecule has 0 radical (unpaired) electrons. The fourth-order valence-corrected chi connectivity index (χ4v) is 0.774. The standard InChI is InChI=1S/C6H4ClNO2.H2S/c7-5-2-1-3-6(4-5)8(9)10;/h1-4H;1H2. The topological polar surface area (TPSA) is 43.1 Å². The first kappa shape index (κ1) is 10.3. The van der Waals surface area contributed by atoms with Crippen LogP contribution in [-0.4, -0.2) is 4.92 Å². The van der Waals surface area contributed by atoms with Crippen molar-refractivity contribution in [3.63, 3.8) is 0 Å². The average molecular weight is 192 g/mol. The molecule has 0 saturated heterocycles. The molecular weight excluding hydrogens is 186 g/mol. The predicted octanol–water partition coefficient (Wildman–Crippen LogP) is 2.36. The Labute approximate surface area is 75.6 Å². The predicted molar refractivity (Wildman–Crippen MR) is 48.5 cm³/mol. The van der Waals surface area contributed by atoms with Gasteiger partial charge in [-0.15, -0.1) is 0 Å². The van der Waals surface area contributed by atoms with Gasteiger partial charge in [-0.05, 0) is 6.07 Å². The molecule has 0 spiro atoms. The molecule has 0 fully saturated rings. The van der Waals surface area contributed by atoms with Gasteiger partial charge in [0.05, 0.1) is 4.92 Å². The van der Waals surface area contributed by atoms with Crippen LogP contribution in [0.25, 0.3) is 0 Å². The Morgan fingerprint density at radius 3 is 2.45 bits per heavy atom. The van der Waals surface area contributed by atoms with Gasteiger partial charge >= 0.3 is 0 Å². The molecule has 0 aliphatic heterocycles. The van der Waals surface area contributed by atoms with Gasteiger partial charge in [0.1, 0.15) is 0 Å². The molecule has 0 aliphatic carbocycles. The van der Waals surface area contributed by atoms with Crippen molar-refractivity contribution in [2.45, 2.75) is 0 Å². The molecule has 3 nitrogen and oxygen atoms in total. The molecule has 1 aromatic carbocycles. The molecule has 0 aliphatic rings. The molecule has 1 aromatic rings. The van der Waals surface area contributed by atoms with Gasteiger partial charge in [0, 0.05) is 17.2 Å². The van der Waals surface area contributed by atoms with E-state index in [4.69, 9.17) is 11.6 Å². The number of non-ortho nitro benzene ring substituents is 1. The van der Waals surface area contributed by atoms with Crippen LogP contribution in [0.15, 0.2) is 24.3 Å². The van der Waals surface area contributed by atoms with Crippen molar-refractivity contribution in [1.82, 2.24) is 0 Å². The van der Waals surface area contributed by atoms with E-state index in [1.165, 1.54) is 12.1 Å². The Kier molecular flexibility index (Phi) is 3.92. The Balaban J connectivity index is 0.000001000. The summed E-state index contributed by atoms with van der Waals surface area (Å²) in [6.07, 6.45) is 0. The fraction of sp³-hybridized carbons (Fsp3) is 0. The third-order valence-corrected chi connectivity index (χ3v) is 1.25. The summed E-state index contributed by atoms with van der Waals surface area (Å²) in [5, 5.41) is 10.5. The van der Waals surface area contributed by atoms with Gasteiger partial charge in [0.2, 0.25) is 0 Å². The van der Waals surface area contributed by atoms with E-state index in [0.29, 0.717) is 5.02 Å². The van der Waals surface area contributed by atoms with Crippen molar-refractivity contribution in [2.75, 3.05) is 0 Å². The van der Waals surface area contributed by atoms with E-state index in [2.05, 4.69) is 0 Å². The van der Waals surface area contributed by atoms with Crippen LogP contribution >= 0.6 is 25.1 Å². The molecule has 1 rings (SSSR count). The van der Waals surface area contributed by atoms with Crippen LogP contribution in [0.5, 0.6) is 0 Å². The summed E-state index contributed by atoms with van der Waals surface area (Å²) in [6, 6.07) is 5.84. The number of nitro benzene ring substituents is 1. The summed E-state index contributed by atoms with van der Waals surface area (Å²) in [7, 11) is 0. The maximum atomic E-state index is 10.1. The second-order valence-corrected chi connectivity index (χ2v) is 2.17. The molecule has 0 unspecified atom stereocenters. The summed E-state index contributed by atoms with van der Waals surface area (Å²) < 4.78 is 0. The molecular formula is C6H6ClNO2S. The lowest BCUT2D eigenvalue weighted by atomic mass is 10.3. The van der Waals surface area contributed by atoms with Gasteiger partial charge in [-0.3, -0.25) is 10.1 Å². The lowest BCUT2D eigenvalue weighted by Gasteiger charge is -1.89. The Bertz CT molecular complexity index is 267. The largest absolute Gasteiger partial charge is 0.270 e. The third-order valence-electron chi connectivity index (χ3n) is 1.02. The first-order valence-corrected chi connectivity index (χ1v) is 2.98. The highest BCUT2D eigenvalue weighted by atomic mass is 35.5. The molecule has 60 valence electrons. The molecule has 0 amide bonds. The summed E-state index contributed by atoms with van der Waals surface area (Å²) in [6.45, 7) is 0. The fourth-order valence-electron chi connectivity index (χ4n) is 0.590. The zero-order chi connectivity index (χ0) is 7.56. The van der Waals surface area contributed by atoms with E-state index in [1.54, 1.807) is 12.1 Å². The van der Waals surface area contributed by atoms with Crippen molar-refractivity contribution in [3.8, 4) is 0 Å². The molecule has 0 bridgehead atoms. The molecule has 0 atom stereocenters. The molecule has 0 N–H and O–H groups in total. The highest BCUT2D eigenvalue weighted by Crippen LogP contribution is 2.16. The lowest BCUT2D eigenvalue weighted by molar-refractivity contribution is -0.384. The van der Waals surface area contributed by atoms with E-state index < -0.39 is 4.92 Å². The highest BCUT2D eigenvalue weighted by molar-refractivity contribution is 7.59. The van der Waals surface area contributed by atoms with Crippen LogP contribution in [-0.2, 0) is 0 Å². The molecule has 0 saturated carbocycles. The highest BCUT2D eigenvalue weighted by Gasteiger charge is 2.02. The first-order valence-electron chi connectivity index (χ1n) is 2.60. The van der Waals surface area contributed by atoms with Crippen molar-refractivity contribution < 1.29 is 4.92 Å². The molecule has 5 heteroatoms. The minimum Gasteiger partial charge on any atom is -0.258 e. The number of rotatable bonds is 1. The molecule has 11 heavy (non-hydrogen) atoms. The summed E-state index contributed by atoms with van der Waals surface area (Å²) in [4.78, 5) is 9.62. The van der Waals surface area contributed by atoms with Gasteiger partial charge < -0.3 is 0 Å². The maximum absolute atomic E-state index is 10.1. The number of benzene rings is 1. The van der Waals surface area contributed by atoms with E-state index >= 15 is 0 Å². The van der Waals surface area contributed by atoms with Gasteiger partial charge in [0.15, 0.2) is 0 Å². The minimum absolute atomic E-state index is 0. The van der Waals surface area contributed by atoms with E-state index in [0.717, 1.165) is 0 Å². The van der Waals surface area contributed by atoms with Crippen LogP contribution in [0.1, 0.15) is 0 Å². The van der Waals surface area contributed by atoms with Gasteiger partial charge in [-0.2, -0.15) is 13.5 Å². The molecule has 0 aromatic heterocycles. The van der Waals surface area contributed by atoms with Crippen LogP contribution in [0.2, 0.25) is 5.02 Å². The SMILES string of the molecule is O=[N+]([O-])c1cccc(Cl)c1.S. The Morgan fingerprint density at radius 1 is 1.45 bits per heavy atom. The first-order chi connectivity index (χ1) is 4.70. The van der Waals surface area contributed by atoms with Crippen LogP contribution in [0.3, 0.4) is 0 Å². The van der Waals surface area contributed by atoms with Gasteiger partial charge in [-0.1, -0.05) is 17.7 Å². The quantitative estimate of drug-likeness (QED) is 0.505. The third kappa shape index (κ3) is 2.78. The smallest absolute Gasteiger partial charge is 0.258 e. The summed E-state index contributed by atoms with van der Waals surface area (Å²) >= 11 is 5.48. The second-order valence-electron chi connectivity index (χ2n) is 1.74. The average Bonchev–Trinajstić information content (AvgIpc) is 1.88. The van der Waals surface area contributed by atoms with Crippen LogP contribution in [0, 0.1) is 10.1 Å². The zero-order valence-corrected chi connectivity index (χ0v) is 7.21.